The minimum absolute atomic E-state index is 0.187. The van der Waals surface area contributed by atoms with E-state index in [1.807, 2.05) is 67.6 Å². The molecular weight excluding hydrogens is 408 g/mol. The second-order valence-electron chi connectivity index (χ2n) is 6.91. The monoisotopic (exact) mass is 436 g/mol. The van der Waals surface area contributed by atoms with E-state index in [1.165, 1.54) is 0 Å². The van der Waals surface area contributed by atoms with Crippen LogP contribution in [0.5, 0.6) is 17.2 Å². The molecule has 0 aromatic heterocycles. The van der Waals surface area contributed by atoms with E-state index in [2.05, 4.69) is 6.58 Å². The Morgan fingerprint density at radius 2 is 1.47 bits per heavy atom. The van der Waals surface area contributed by atoms with Crippen LogP contribution in [0.25, 0.3) is 10.8 Å². The quantitative estimate of drug-likeness (QED) is 0.219. The van der Waals surface area contributed by atoms with Crippen LogP contribution in [0.1, 0.15) is 5.56 Å². The summed E-state index contributed by atoms with van der Waals surface area (Å²) in [4.78, 5) is 11.0. The van der Waals surface area contributed by atoms with Crippen molar-refractivity contribution in [2.75, 3.05) is 39.6 Å². The predicted octanol–water partition coefficient (Wildman–Crippen LogP) is 4.73. The van der Waals surface area contributed by atoms with E-state index < -0.39 is 5.97 Å². The Morgan fingerprint density at radius 3 is 2.25 bits per heavy atom. The van der Waals surface area contributed by atoms with Gasteiger partial charge in [0.1, 0.15) is 43.7 Å². The average Bonchev–Trinajstić information content (AvgIpc) is 2.83. The highest BCUT2D eigenvalue weighted by molar-refractivity contribution is 5.94. The fourth-order valence-corrected chi connectivity index (χ4v) is 3.15. The van der Waals surface area contributed by atoms with Crippen LogP contribution in [-0.2, 0) is 14.3 Å². The van der Waals surface area contributed by atoms with Gasteiger partial charge in [-0.05, 0) is 30.7 Å². The lowest BCUT2D eigenvalue weighted by atomic mass is 10.0. The van der Waals surface area contributed by atoms with E-state index in [-0.39, 0.29) is 6.61 Å². The molecule has 168 valence electrons. The molecule has 0 atom stereocenters. The smallest absolute Gasteiger partial charge is 0.330 e. The zero-order chi connectivity index (χ0) is 22.6. The van der Waals surface area contributed by atoms with Gasteiger partial charge >= 0.3 is 5.97 Å². The molecular formula is C26H28O6. The fourth-order valence-electron chi connectivity index (χ4n) is 3.15. The Morgan fingerprint density at radius 1 is 0.812 bits per heavy atom. The predicted molar refractivity (Wildman–Crippen MR) is 124 cm³/mol. The van der Waals surface area contributed by atoms with Gasteiger partial charge in [0.15, 0.2) is 0 Å². The Hall–Kier alpha value is -3.51. The van der Waals surface area contributed by atoms with E-state index in [9.17, 15) is 4.79 Å². The number of hydrogen-bond acceptors (Lipinski definition) is 6. The number of para-hydroxylation sites is 1. The highest BCUT2D eigenvalue weighted by atomic mass is 16.6. The second kappa shape index (κ2) is 12.4. The van der Waals surface area contributed by atoms with Crippen molar-refractivity contribution in [1.29, 1.82) is 0 Å². The maximum atomic E-state index is 11.0. The number of benzene rings is 3. The summed E-state index contributed by atoms with van der Waals surface area (Å²) in [5.41, 5.74) is 0.975. The third-order valence-electron chi connectivity index (χ3n) is 4.61. The molecule has 0 heterocycles. The van der Waals surface area contributed by atoms with Crippen LogP contribution in [0.15, 0.2) is 73.3 Å². The summed E-state index contributed by atoms with van der Waals surface area (Å²) in [6, 6.07) is 19.6. The first-order valence-corrected chi connectivity index (χ1v) is 10.5. The number of aryl methyl sites for hydroxylation is 1. The van der Waals surface area contributed by atoms with Crippen molar-refractivity contribution in [3.8, 4) is 17.2 Å². The minimum atomic E-state index is -0.458. The molecule has 0 radical (unpaired) electrons. The highest BCUT2D eigenvalue weighted by Gasteiger charge is 2.12. The molecule has 0 saturated carbocycles. The lowest BCUT2D eigenvalue weighted by Gasteiger charge is -2.16. The Balaban J connectivity index is 1.53. The molecule has 6 nitrogen and oxygen atoms in total. The van der Waals surface area contributed by atoms with Gasteiger partial charge in [-0.15, -0.1) is 0 Å². The van der Waals surface area contributed by atoms with E-state index in [0.717, 1.165) is 39.7 Å². The van der Waals surface area contributed by atoms with Crippen LogP contribution in [-0.4, -0.2) is 45.6 Å². The molecule has 0 aliphatic heterocycles. The van der Waals surface area contributed by atoms with Crippen LogP contribution in [0, 0.1) is 6.92 Å². The van der Waals surface area contributed by atoms with E-state index in [0.29, 0.717) is 33.0 Å². The van der Waals surface area contributed by atoms with E-state index in [1.54, 1.807) is 0 Å². The van der Waals surface area contributed by atoms with Gasteiger partial charge in [0.25, 0.3) is 0 Å². The van der Waals surface area contributed by atoms with Crippen molar-refractivity contribution >= 4 is 16.7 Å². The maximum absolute atomic E-state index is 11.0. The standard InChI is InChI=1S/C26H28O6/c1-3-25(27)31-15-13-28-14-16-32-26-20(2)19-24(22-11-7-8-12-23(22)26)30-18-17-29-21-9-5-4-6-10-21/h3-12,19H,1,13-18H2,2H3. The molecule has 0 unspecified atom stereocenters. The molecule has 0 amide bonds. The van der Waals surface area contributed by atoms with Crippen LogP contribution >= 0.6 is 0 Å². The zero-order valence-electron chi connectivity index (χ0n) is 18.3. The van der Waals surface area contributed by atoms with Crippen molar-refractivity contribution < 1.29 is 28.5 Å². The van der Waals surface area contributed by atoms with E-state index >= 15 is 0 Å². The van der Waals surface area contributed by atoms with Crippen LogP contribution in [0.2, 0.25) is 0 Å². The van der Waals surface area contributed by atoms with Crippen LogP contribution in [0.4, 0.5) is 0 Å². The summed E-state index contributed by atoms with van der Waals surface area (Å²) in [5.74, 6) is 1.96. The first kappa shape index (κ1) is 23.2. The summed E-state index contributed by atoms with van der Waals surface area (Å²) in [6.07, 6.45) is 1.13. The van der Waals surface area contributed by atoms with Gasteiger partial charge in [-0.25, -0.2) is 4.79 Å². The molecule has 0 N–H and O–H groups in total. The number of ether oxygens (including phenoxy) is 5. The van der Waals surface area contributed by atoms with E-state index in [4.69, 9.17) is 23.7 Å². The van der Waals surface area contributed by atoms with Crippen molar-refractivity contribution in [2.45, 2.75) is 6.92 Å². The topological polar surface area (TPSA) is 63.2 Å². The molecule has 0 saturated heterocycles. The number of fused-ring (bicyclic) bond motifs is 1. The van der Waals surface area contributed by atoms with Crippen LogP contribution < -0.4 is 14.2 Å². The number of carbonyl (C=O) groups is 1. The van der Waals surface area contributed by atoms with Crippen molar-refractivity contribution in [1.82, 2.24) is 0 Å². The zero-order valence-corrected chi connectivity index (χ0v) is 18.3. The lowest BCUT2D eigenvalue weighted by molar-refractivity contribution is -0.139. The summed E-state index contributed by atoms with van der Waals surface area (Å²) in [6.45, 7) is 7.48. The highest BCUT2D eigenvalue weighted by Crippen LogP contribution is 2.36. The number of esters is 1. The van der Waals surface area contributed by atoms with Gasteiger partial charge in [0, 0.05) is 16.8 Å². The van der Waals surface area contributed by atoms with Gasteiger partial charge in [-0.2, -0.15) is 0 Å². The fraction of sp³-hybridized carbons (Fsp3) is 0.269. The van der Waals surface area contributed by atoms with Gasteiger partial charge < -0.3 is 23.7 Å². The summed E-state index contributed by atoms with van der Waals surface area (Å²) in [7, 11) is 0. The largest absolute Gasteiger partial charge is 0.490 e. The first-order chi connectivity index (χ1) is 15.7. The normalized spacial score (nSPS) is 10.5. The summed E-state index contributed by atoms with van der Waals surface area (Å²) in [5, 5.41) is 1.96. The molecule has 0 aliphatic rings. The minimum Gasteiger partial charge on any atom is -0.490 e. The Kier molecular flexibility index (Phi) is 8.95. The van der Waals surface area contributed by atoms with Crippen molar-refractivity contribution in [3.63, 3.8) is 0 Å². The van der Waals surface area contributed by atoms with Crippen LogP contribution in [0.3, 0.4) is 0 Å². The molecule has 3 aromatic rings. The number of rotatable bonds is 13. The molecule has 0 fully saturated rings. The maximum Gasteiger partial charge on any atom is 0.330 e. The molecule has 6 heteroatoms. The third-order valence-corrected chi connectivity index (χ3v) is 4.61. The molecule has 0 spiro atoms. The second-order valence-corrected chi connectivity index (χ2v) is 6.91. The Labute approximate surface area is 188 Å². The first-order valence-electron chi connectivity index (χ1n) is 10.5. The van der Waals surface area contributed by atoms with Gasteiger partial charge in [0.05, 0.1) is 13.2 Å². The average molecular weight is 437 g/mol. The van der Waals surface area contributed by atoms with Gasteiger partial charge in [-0.3, -0.25) is 0 Å². The Bertz CT molecular complexity index is 1020. The van der Waals surface area contributed by atoms with Crippen molar-refractivity contribution in [3.05, 3.63) is 78.9 Å². The molecule has 32 heavy (non-hydrogen) atoms. The van der Waals surface area contributed by atoms with Gasteiger partial charge in [0.2, 0.25) is 0 Å². The lowest BCUT2D eigenvalue weighted by Crippen LogP contribution is -2.13. The molecule has 0 aliphatic carbocycles. The molecule has 3 aromatic carbocycles. The molecule has 3 rings (SSSR count). The SMILES string of the molecule is C=CC(=O)OCCOCCOc1c(C)cc(OCCOc2ccccc2)c2ccccc12. The van der Waals surface area contributed by atoms with Gasteiger partial charge in [-0.1, -0.05) is 49.0 Å². The summed E-state index contributed by atoms with van der Waals surface area (Å²) < 4.78 is 28.1. The number of carbonyl (C=O) groups excluding carboxylic acids is 1. The molecule has 0 bridgehead atoms. The van der Waals surface area contributed by atoms with Crippen molar-refractivity contribution in [2.24, 2.45) is 0 Å². The summed E-state index contributed by atoms with van der Waals surface area (Å²) >= 11 is 0. The number of hydrogen-bond donors (Lipinski definition) is 0. The third kappa shape index (κ3) is 6.75.